The second-order valence-corrected chi connectivity index (χ2v) is 4.62. The smallest absolute Gasteiger partial charge is 0.334 e. The quantitative estimate of drug-likeness (QED) is 0.831. The molecule has 7 nitrogen and oxygen atoms in total. The number of aromatic nitrogens is 2. The number of carboxylic acids is 1. The second kappa shape index (κ2) is 4.93. The molecule has 1 aliphatic rings. The van der Waals surface area contributed by atoms with Gasteiger partial charge in [0.15, 0.2) is 6.10 Å². The molecule has 1 atom stereocenters. The summed E-state index contributed by atoms with van der Waals surface area (Å²) in [5, 5.41) is 16.5. The van der Waals surface area contributed by atoms with Gasteiger partial charge in [-0.25, -0.2) is 4.79 Å². The number of aromatic amines is 1. The number of hydrogen-bond acceptors (Lipinski definition) is 4. The minimum Gasteiger partial charge on any atom is -0.479 e. The number of rotatable bonds is 2. The van der Waals surface area contributed by atoms with Gasteiger partial charge in [0, 0.05) is 17.5 Å². The van der Waals surface area contributed by atoms with Gasteiger partial charge in [0.05, 0.1) is 24.9 Å². The Morgan fingerprint density at radius 2 is 2.30 bits per heavy atom. The number of benzene rings is 1. The standard InChI is InChI=1S/C13H13N3O4/c17-12(16-3-4-20-11(7-16)13(18)19)8-1-2-10-9(5-8)6-14-15-10/h1-2,5-6,11H,3-4,7H2,(H,14,15)(H,18,19). The average molecular weight is 275 g/mol. The van der Waals surface area contributed by atoms with Crippen LogP contribution in [-0.2, 0) is 9.53 Å². The summed E-state index contributed by atoms with van der Waals surface area (Å²) < 4.78 is 5.11. The molecule has 1 aliphatic heterocycles. The molecule has 0 saturated carbocycles. The molecule has 0 spiro atoms. The van der Waals surface area contributed by atoms with E-state index in [0.717, 1.165) is 10.9 Å². The van der Waals surface area contributed by atoms with Crippen LogP contribution in [0.1, 0.15) is 10.4 Å². The molecular weight excluding hydrogens is 262 g/mol. The van der Waals surface area contributed by atoms with Crippen molar-refractivity contribution in [2.75, 3.05) is 19.7 Å². The van der Waals surface area contributed by atoms with E-state index in [1.54, 1.807) is 24.4 Å². The minimum atomic E-state index is -1.05. The molecule has 3 rings (SSSR count). The van der Waals surface area contributed by atoms with E-state index in [0.29, 0.717) is 12.1 Å². The summed E-state index contributed by atoms with van der Waals surface area (Å²) in [5.74, 6) is -1.24. The van der Waals surface area contributed by atoms with Crippen LogP contribution in [0.15, 0.2) is 24.4 Å². The predicted molar refractivity (Wildman–Crippen MR) is 69.4 cm³/mol. The van der Waals surface area contributed by atoms with Gasteiger partial charge in [-0.2, -0.15) is 5.10 Å². The fourth-order valence-corrected chi connectivity index (χ4v) is 2.24. The summed E-state index contributed by atoms with van der Waals surface area (Å²) in [6.45, 7) is 0.695. The number of nitrogens with zero attached hydrogens (tertiary/aromatic N) is 2. The van der Waals surface area contributed by atoms with E-state index in [1.165, 1.54) is 4.90 Å². The largest absolute Gasteiger partial charge is 0.479 e. The van der Waals surface area contributed by atoms with Crippen LogP contribution in [0.3, 0.4) is 0 Å². The molecule has 1 amide bonds. The van der Waals surface area contributed by atoms with Crippen LogP contribution in [0.4, 0.5) is 0 Å². The molecule has 2 heterocycles. The molecule has 0 aliphatic carbocycles. The first kappa shape index (κ1) is 12.6. The topological polar surface area (TPSA) is 95.5 Å². The number of aliphatic carboxylic acids is 1. The molecule has 1 saturated heterocycles. The van der Waals surface area contributed by atoms with Crippen molar-refractivity contribution in [3.63, 3.8) is 0 Å². The van der Waals surface area contributed by atoms with Crippen LogP contribution in [0.25, 0.3) is 10.9 Å². The lowest BCUT2D eigenvalue weighted by Crippen LogP contribution is -2.48. The molecule has 0 radical (unpaired) electrons. The third kappa shape index (κ3) is 2.23. The molecular formula is C13H13N3O4. The first-order chi connectivity index (χ1) is 9.65. The highest BCUT2D eigenvalue weighted by Gasteiger charge is 2.29. The molecule has 0 bridgehead atoms. The average Bonchev–Trinajstić information content (AvgIpc) is 2.94. The van der Waals surface area contributed by atoms with E-state index in [1.807, 2.05) is 0 Å². The predicted octanol–water partition coefficient (Wildman–Crippen LogP) is 0.488. The number of carbonyl (C=O) groups excluding carboxylic acids is 1. The van der Waals surface area contributed by atoms with Crippen LogP contribution in [0.5, 0.6) is 0 Å². The summed E-state index contributed by atoms with van der Waals surface area (Å²) in [7, 11) is 0. The van der Waals surface area contributed by atoms with E-state index in [9.17, 15) is 9.59 Å². The van der Waals surface area contributed by atoms with Crippen LogP contribution in [-0.4, -0.2) is 57.9 Å². The summed E-state index contributed by atoms with van der Waals surface area (Å²) >= 11 is 0. The van der Waals surface area contributed by atoms with E-state index >= 15 is 0 Å². The molecule has 1 fully saturated rings. The van der Waals surface area contributed by atoms with E-state index in [2.05, 4.69) is 10.2 Å². The second-order valence-electron chi connectivity index (χ2n) is 4.62. The van der Waals surface area contributed by atoms with Crippen molar-refractivity contribution in [3.05, 3.63) is 30.0 Å². The first-order valence-electron chi connectivity index (χ1n) is 6.22. The Morgan fingerprint density at radius 1 is 1.45 bits per heavy atom. The number of fused-ring (bicyclic) bond motifs is 1. The van der Waals surface area contributed by atoms with Crippen molar-refractivity contribution in [3.8, 4) is 0 Å². The van der Waals surface area contributed by atoms with Crippen molar-refractivity contribution in [1.82, 2.24) is 15.1 Å². The van der Waals surface area contributed by atoms with Crippen molar-refractivity contribution < 1.29 is 19.4 Å². The molecule has 7 heteroatoms. The maximum Gasteiger partial charge on any atom is 0.334 e. The zero-order valence-electron chi connectivity index (χ0n) is 10.6. The van der Waals surface area contributed by atoms with Crippen LogP contribution >= 0.6 is 0 Å². The Morgan fingerprint density at radius 3 is 3.10 bits per heavy atom. The highest BCUT2D eigenvalue weighted by Crippen LogP contribution is 2.16. The van der Waals surface area contributed by atoms with Crippen LogP contribution in [0, 0.1) is 0 Å². The zero-order valence-corrected chi connectivity index (χ0v) is 10.6. The maximum absolute atomic E-state index is 12.4. The molecule has 104 valence electrons. The molecule has 2 N–H and O–H groups in total. The molecule has 1 aromatic carbocycles. The number of H-pyrrole nitrogens is 1. The SMILES string of the molecule is O=C(O)C1CN(C(=O)c2ccc3[nH]ncc3c2)CCO1. The number of morpholine rings is 1. The summed E-state index contributed by atoms with van der Waals surface area (Å²) in [4.78, 5) is 24.8. The van der Waals surface area contributed by atoms with Crippen molar-refractivity contribution in [2.45, 2.75) is 6.10 Å². The Hall–Kier alpha value is -2.41. The van der Waals surface area contributed by atoms with E-state index in [4.69, 9.17) is 9.84 Å². The molecule has 20 heavy (non-hydrogen) atoms. The number of amides is 1. The zero-order chi connectivity index (χ0) is 14.1. The lowest BCUT2D eigenvalue weighted by molar-refractivity contribution is -0.154. The Kier molecular flexibility index (Phi) is 3.11. The van der Waals surface area contributed by atoms with Gasteiger partial charge in [0.2, 0.25) is 0 Å². The number of carboxylic acid groups (broad SMARTS) is 1. The highest BCUT2D eigenvalue weighted by molar-refractivity contribution is 5.98. The normalized spacial score (nSPS) is 19.2. The third-order valence-corrected chi connectivity index (χ3v) is 3.32. The van der Waals surface area contributed by atoms with Gasteiger partial charge in [0.1, 0.15) is 0 Å². The lowest BCUT2D eigenvalue weighted by atomic mass is 10.1. The summed E-state index contributed by atoms with van der Waals surface area (Å²) in [6.07, 6.45) is 0.691. The van der Waals surface area contributed by atoms with Gasteiger partial charge in [-0.3, -0.25) is 9.89 Å². The van der Waals surface area contributed by atoms with Crippen molar-refractivity contribution >= 4 is 22.8 Å². The van der Waals surface area contributed by atoms with Crippen LogP contribution < -0.4 is 0 Å². The summed E-state index contributed by atoms with van der Waals surface area (Å²) in [5.41, 5.74) is 1.37. The van der Waals surface area contributed by atoms with Gasteiger partial charge in [-0.1, -0.05) is 0 Å². The molecule has 2 aromatic rings. The Labute approximate surface area is 114 Å². The number of nitrogens with one attached hydrogen (secondary N) is 1. The third-order valence-electron chi connectivity index (χ3n) is 3.32. The number of ether oxygens (including phenoxy) is 1. The van der Waals surface area contributed by atoms with Crippen molar-refractivity contribution in [1.29, 1.82) is 0 Å². The van der Waals surface area contributed by atoms with E-state index < -0.39 is 12.1 Å². The highest BCUT2D eigenvalue weighted by atomic mass is 16.5. The van der Waals surface area contributed by atoms with Gasteiger partial charge in [0.25, 0.3) is 5.91 Å². The maximum atomic E-state index is 12.4. The number of carbonyl (C=O) groups is 2. The van der Waals surface area contributed by atoms with Gasteiger partial charge in [-0.15, -0.1) is 0 Å². The fourth-order valence-electron chi connectivity index (χ4n) is 2.24. The number of hydrogen-bond donors (Lipinski definition) is 2. The van der Waals surface area contributed by atoms with Crippen LogP contribution in [0.2, 0.25) is 0 Å². The van der Waals surface area contributed by atoms with Gasteiger partial charge >= 0.3 is 5.97 Å². The summed E-state index contributed by atoms with van der Waals surface area (Å²) in [6, 6.07) is 5.23. The Bertz CT molecular complexity index is 666. The first-order valence-corrected chi connectivity index (χ1v) is 6.22. The molecule has 1 unspecified atom stereocenters. The van der Waals surface area contributed by atoms with E-state index in [-0.39, 0.29) is 19.1 Å². The Balaban J connectivity index is 1.82. The molecule has 1 aromatic heterocycles. The van der Waals surface area contributed by atoms with Crippen molar-refractivity contribution in [2.24, 2.45) is 0 Å². The lowest BCUT2D eigenvalue weighted by Gasteiger charge is -2.30. The minimum absolute atomic E-state index is 0.0671. The van der Waals surface area contributed by atoms with Gasteiger partial charge in [-0.05, 0) is 18.2 Å². The van der Waals surface area contributed by atoms with Gasteiger partial charge < -0.3 is 14.7 Å². The fraction of sp³-hybridized carbons (Fsp3) is 0.308. The monoisotopic (exact) mass is 275 g/mol.